The van der Waals surface area contributed by atoms with E-state index in [1.165, 1.54) is 17.6 Å². The van der Waals surface area contributed by atoms with E-state index in [9.17, 15) is 23.1 Å². The van der Waals surface area contributed by atoms with E-state index < -0.39 is 21.3 Å². The molecule has 0 spiro atoms. The fourth-order valence-electron chi connectivity index (χ4n) is 3.77. The Morgan fingerprint density at radius 3 is 2.64 bits per heavy atom. The zero-order valence-corrected chi connectivity index (χ0v) is 19.2. The van der Waals surface area contributed by atoms with Crippen LogP contribution in [0.15, 0.2) is 56.6 Å². The highest BCUT2D eigenvalue weighted by Crippen LogP contribution is 2.33. The average Bonchev–Trinajstić information content (AvgIpc) is 2.73. The molecule has 0 unspecified atom stereocenters. The number of carbonyl (C=O) groups excluding carboxylic acids is 1. The number of carbonyl (C=O) groups is 1. The van der Waals surface area contributed by atoms with Crippen molar-refractivity contribution in [1.29, 1.82) is 0 Å². The van der Waals surface area contributed by atoms with E-state index in [4.69, 9.17) is 0 Å². The molecule has 0 bridgehead atoms. The summed E-state index contributed by atoms with van der Waals surface area (Å²) in [6, 6.07) is 11.1. The summed E-state index contributed by atoms with van der Waals surface area (Å²) in [6.07, 6.45) is 0.688. The minimum Gasteiger partial charge on any atom is -0.506 e. The third-order valence-electron chi connectivity index (χ3n) is 5.36. The number of amidine groups is 1. The monoisotopic (exact) mass is 468 g/mol. The Morgan fingerprint density at radius 1 is 1.21 bits per heavy atom. The second-order valence-electron chi connectivity index (χ2n) is 8.31. The number of aromatic hydroxyl groups is 1. The van der Waals surface area contributed by atoms with Crippen LogP contribution in [-0.4, -0.2) is 29.8 Å². The van der Waals surface area contributed by atoms with Gasteiger partial charge in [-0.15, -0.1) is 4.40 Å². The molecule has 1 aliphatic rings. The van der Waals surface area contributed by atoms with Crippen molar-refractivity contribution in [2.45, 2.75) is 38.6 Å². The fourth-order valence-corrected chi connectivity index (χ4v) is 4.89. The number of aromatic nitrogens is 1. The summed E-state index contributed by atoms with van der Waals surface area (Å²) in [6.45, 7) is 5.78. The lowest BCUT2D eigenvalue weighted by molar-refractivity contribution is -0.114. The van der Waals surface area contributed by atoms with Crippen molar-refractivity contribution in [3.8, 4) is 5.75 Å². The number of pyridine rings is 1. The van der Waals surface area contributed by atoms with Crippen LogP contribution in [0.1, 0.15) is 32.8 Å². The molecular formula is C23H24N4O5S. The summed E-state index contributed by atoms with van der Waals surface area (Å²) in [5.41, 5.74) is 0.359. The Bertz CT molecular complexity index is 1470. The number of hydrogen-bond acceptors (Lipinski definition) is 6. The zero-order valence-electron chi connectivity index (χ0n) is 18.4. The second-order valence-corrected chi connectivity index (χ2v) is 9.88. The van der Waals surface area contributed by atoms with Gasteiger partial charge in [-0.3, -0.25) is 9.59 Å². The lowest BCUT2D eigenvalue weighted by atomic mass is 10.1. The summed E-state index contributed by atoms with van der Waals surface area (Å²) in [5.74, 6) is -0.645. The van der Waals surface area contributed by atoms with Gasteiger partial charge in [-0.2, -0.15) is 8.42 Å². The summed E-state index contributed by atoms with van der Waals surface area (Å²) >= 11 is 0. The number of aryl methyl sites for hydroxylation is 1. The molecule has 2 heterocycles. The van der Waals surface area contributed by atoms with Gasteiger partial charge in [0, 0.05) is 24.5 Å². The van der Waals surface area contributed by atoms with E-state index in [0.29, 0.717) is 35.5 Å². The molecule has 0 atom stereocenters. The van der Waals surface area contributed by atoms with Gasteiger partial charge in [0.25, 0.3) is 15.6 Å². The van der Waals surface area contributed by atoms with E-state index in [1.807, 2.05) is 13.8 Å². The van der Waals surface area contributed by atoms with E-state index in [1.54, 1.807) is 36.4 Å². The third kappa shape index (κ3) is 4.21. The number of nitrogens with zero attached hydrogens (tertiary/aromatic N) is 2. The van der Waals surface area contributed by atoms with Gasteiger partial charge in [0.1, 0.15) is 16.2 Å². The van der Waals surface area contributed by atoms with E-state index in [-0.39, 0.29) is 27.9 Å². The minimum absolute atomic E-state index is 0.0119. The number of rotatable bonds is 5. The first-order chi connectivity index (χ1) is 15.6. The molecule has 0 radical (unpaired) electrons. The Kier molecular flexibility index (Phi) is 5.71. The van der Waals surface area contributed by atoms with Gasteiger partial charge in [-0.1, -0.05) is 26.0 Å². The first kappa shape index (κ1) is 22.5. The number of fused-ring (bicyclic) bond motifs is 2. The number of hydrogen-bond donors (Lipinski definition) is 3. The smallest absolute Gasteiger partial charge is 0.286 e. The molecule has 3 aromatic rings. The lowest BCUT2D eigenvalue weighted by Gasteiger charge is -2.21. The third-order valence-corrected chi connectivity index (χ3v) is 6.69. The SMILES string of the molecule is CC(=O)Nc1ccc2c(c1)c(O)c(C1=NS(=O)(=O)c3ccccc3N1)c(=O)n2CCC(C)C. The van der Waals surface area contributed by atoms with Gasteiger partial charge >= 0.3 is 0 Å². The second kappa shape index (κ2) is 8.36. The minimum atomic E-state index is -4.08. The summed E-state index contributed by atoms with van der Waals surface area (Å²) < 4.78 is 30.8. The number of benzene rings is 2. The van der Waals surface area contributed by atoms with Crippen LogP contribution in [0.25, 0.3) is 10.9 Å². The van der Waals surface area contributed by atoms with Crippen LogP contribution in [0.2, 0.25) is 0 Å². The highest BCUT2D eigenvalue weighted by Gasteiger charge is 2.29. The topological polar surface area (TPSA) is 130 Å². The van der Waals surface area contributed by atoms with Crippen LogP contribution in [0.4, 0.5) is 11.4 Å². The Balaban J connectivity index is 1.99. The quantitative estimate of drug-likeness (QED) is 0.527. The molecule has 172 valence electrons. The van der Waals surface area contributed by atoms with Crippen LogP contribution in [0, 0.1) is 5.92 Å². The Morgan fingerprint density at radius 2 is 1.94 bits per heavy atom. The molecule has 1 aromatic heterocycles. The highest BCUT2D eigenvalue weighted by atomic mass is 32.2. The summed E-state index contributed by atoms with van der Waals surface area (Å²) in [5, 5.41) is 16.9. The van der Waals surface area contributed by atoms with Crippen molar-refractivity contribution in [2.75, 3.05) is 10.6 Å². The van der Waals surface area contributed by atoms with Gasteiger partial charge in [0.15, 0.2) is 5.84 Å². The maximum Gasteiger partial charge on any atom is 0.286 e. The fraction of sp³-hybridized carbons (Fsp3) is 0.261. The summed E-state index contributed by atoms with van der Waals surface area (Å²) in [4.78, 5) is 25.0. The number of anilines is 2. The van der Waals surface area contributed by atoms with Crippen LogP contribution in [0.3, 0.4) is 0 Å². The molecule has 33 heavy (non-hydrogen) atoms. The van der Waals surface area contributed by atoms with Gasteiger partial charge in [0.2, 0.25) is 5.91 Å². The van der Waals surface area contributed by atoms with E-state index in [0.717, 1.165) is 0 Å². The molecule has 3 N–H and O–H groups in total. The van der Waals surface area contributed by atoms with Gasteiger partial charge < -0.3 is 20.3 Å². The molecule has 1 aliphatic heterocycles. The van der Waals surface area contributed by atoms with E-state index >= 15 is 0 Å². The maximum atomic E-state index is 13.5. The molecule has 0 aliphatic carbocycles. The molecule has 0 saturated heterocycles. The first-order valence-electron chi connectivity index (χ1n) is 10.5. The number of para-hydroxylation sites is 1. The molecule has 2 aromatic carbocycles. The van der Waals surface area contributed by atoms with E-state index in [2.05, 4.69) is 15.0 Å². The molecule has 1 amide bonds. The zero-order chi connectivity index (χ0) is 23.9. The predicted octanol–water partition coefficient (Wildman–Crippen LogP) is 3.27. The van der Waals surface area contributed by atoms with Gasteiger partial charge in [-0.25, -0.2) is 0 Å². The number of sulfonamides is 1. The lowest BCUT2D eigenvalue weighted by Crippen LogP contribution is -2.33. The number of nitrogens with one attached hydrogen (secondary N) is 2. The normalized spacial score (nSPS) is 14.5. The van der Waals surface area contributed by atoms with Crippen LogP contribution >= 0.6 is 0 Å². The van der Waals surface area contributed by atoms with Gasteiger partial charge in [-0.05, 0) is 42.7 Å². The van der Waals surface area contributed by atoms with Crippen LogP contribution in [-0.2, 0) is 21.4 Å². The van der Waals surface area contributed by atoms with Crippen molar-refractivity contribution in [3.63, 3.8) is 0 Å². The predicted molar refractivity (Wildman–Crippen MR) is 127 cm³/mol. The molecule has 10 heteroatoms. The van der Waals surface area contributed by atoms with Crippen molar-refractivity contribution >= 4 is 44.0 Å². The standard InChI is InChI=1S/C23H24N4O5S/c1-13(2)10-11-27-18-9-8-15(24-14(3)28)12-16(18)21(29)20(23(27)30)22-25-17-6-4-5-7-19(17)33(31,32)26-22/h4-9,12-13,29H,10-11H2,1-3H3,(H,24,28)(H,25,26). The maximum absolute atomic E-state index is 13.5. The molecule has 0 saturated carbocycles. The molecular weight excluding hydrogens is 444 g/mol. The largest absolute Gasteiger partial charge is 0.506 e. The highest BCUT2D eigenvalue weighted by molar-refractivity contribution is 7.90. The van der Waals surface area contributed by atoms with Crippen molar-refractivity contribution in [3.05, 3.63) is 58.4 Å². The van der Waals surface area contributed by atoms with Gasteiger partial charge in [0.05, 0.1) is 11.2 Å². The van der Waals surface area contributed by atoms with Crippen LogP contribution < -0.4 is 16.2 Å². The van der Waals surface area contributed by atoms with Crippen LogP contribution in [0.5, 0.6) is 5.75 Å². The Labute approximate surface area is 190 Å². The summed E-state index contributed by atoms with van der Waals surface area (Å²) in [7, 11) is -4.08. The first-order valence-corrected chi connectivity index (χ1v) is 11.9. The molecule has 4 rings (SSSR count). The van der Waals surface area contributed by atoms with Crippen molar-refractivity contribution < 1.29 is 18.3 Å². The molecule has 9 nitrogen and oxygen atoms in total. The Hall–Kier alpha value is -3.66. The van der Waals surface area contributed by atoms with Crippen molar-refractivity contribution in [1.82, 2.24) is 4.57 Å². The molecule has 0 fully saturated rings. The van der Waals surface area contributed by atoms with Crippen molar-refractivity contribution in [2.24, 2.45) is 10.3 Å². The average molecular weight is 469 g/mol. The number of amides is 1.